The summed E-state index contributed by atoms with van der Waals surface area (Å²) in [4.78, 5) is 10.9. The lowest BCUT2D eigenvalue weighted by Crippen LogP contribution is -2.23. The van der Waals surface area contributed by atoms with Crippen LogP contribution in [0.4, 0.5) is 0 Å². The quantitative estimate of drug-likeness (QED) is 0.572. The molecule has 0 heterocycles. The van der Waals surface area contributed by atoms with Crippen LogP contribution < -0.4 is 10.1 Å². The van der Waals surface area contributed by atoms with Crippen LogP contribution in [0.15, 0.2) is 18.2 Å². The first kappa shape index (κ1) is 15.4. The number of methoxy groups -OCH3 is 1. The zero-order valence-corrected chi connectivity index (χ0v) is 11.0. The molecule has 2 unspecified atom stereocenters. The van der Waals surface area contributed by atoms with Gasteiger partial charge in [-0.05, 0) is 37.7 Å². The third-order valence-corrected chi connectivity index (χ3v) is 2.85. The van der Waals surface area contributed by atoms with Crippen molar-refractivity contribution in [1.29, 1.82) is 0 Å². The van der Waals surface area contributed by atoms with Crippen LogP contribution in [-0.4, -0.2) is 48.1 Å². The highest BCUT2D eigenvalue weighted by Crippen LogP contribution is 2.26. The van der Waals surface area contributed by atoms with Gasteiger partial charge in [-0.15, -0.1) is 0 Å². The number of nitrogens with one attached hydrogen (secondary N) is 1. The molecule has 0 aromatic heterocycles. The van der Waals surface area contributed by atoms with Gasteiger partial charge in [-0.25, -0.2) is 4.79 Å². The Hall–Kier alpha value is -1.63. The van der Waals surface area contributed by atoms with Gasteiger partial charge in [0.25, 0.3) is 0 Å². The summed E-state index contributed by atoms with van der Waals surface area (Å²) >= 11 is 0. The second-order valence-corrected chi connectivity index (χ2v) is 4.17. The lowest BCUT2D eigenvalue weighted by molar-refractivity contribution is 0.0139. The molecular formula is C13H19NO5. The van der Waals surface area contributed by atoms with Gasteiger partial charge >= 0.3 is 5.97 Å². The molecule has 0 fully saturated rings. The third kappa shape index (κ3) is 3.92. The topological polar surface area (TPSA) is 99.0 Å². The summed E-state index contributed by atoms with van der Waals surface area (Å²) in [6, 6.07) is 4.25. The minimum Gasteiger partial charge on any atom is -0.496 e. The van der Waals surface area contributed by atoms with Crippen molar-refractivity contribution in [3.8, 4) is 5.75 Å². The van der Waals surface area contributed by atoms with Gasteiger partial charge in [-0.1, -0.05) is 6.07 Å². The lowest BCUT2D eigenvalue weighted by Gasteiger charge is -2.19. The Labute approximate surface area is 111 Å². The molecule has 0 bridgehead atoms. The Morgan fingerprint density at radius 3 is 2.63 bits per heavy atom. The smallest absolute Gasteiger partial charge is 0.339 e. The van der Waals surface area contributed by atoms with E-state index in [4.69, 9.17) is 9.84 Å². The maximum atomic E-state index is 10.9. The highest BCUT2D eigenvalue weighted by Gasteiger charge is 2.20. The van der Waals surface area contributed by atoms with Gasteiger partial charge in [-0.3, -0.25) is 0 Å². The monoisotopic (exact) mass is 269 g/mol. The van der Waals surface area contributed by atoms with E-state index in [1.54, 1.807) is 7.05 Å². The van der Waals surface area contributed by atoms with Crippen LogP contribution in [0, 0.1) is 0 Å². The molecule has 6 nitrogen and oxygen atoms in total. The fraction of sp³-hybridized carbons (Fsp3) is 0.462. The number of benzene rings is 1. The minimum atomic E-state index is -1.10. The van der Waals surface area contributed by atoms with E-state index in [0.717, 1.165) is 0 Å². The summed E-state index contributed by atoms with van der Waals surface area (Å²) in [6.45, 7) is 0.572. The van der Waals surface area contributed by atoms with Crippen molar-refractivity contribution in [2.45, 2.75) is 18.6 Å². The molecule has 19 heavy (non-hydrogen) atoms. The zero-order valence-electron chi connectivity index (χ0n) is 11.0. The Morgan fingerprint density at radius 1 is 1.42 bits per heavy atom. The summed E-state index contributed by atoms with van der Waals surface area (Å²) in [5, 5.41) is 31.6. The number of ether oxygens (including phenoxy) is 1. The van der Waals surface area contributed by atoms with Crippen LogP contribution in [0.5, 0.6) is 5.75 Å². The SMILES string of the molecule is CNCCC(O)C(O)c1ccc(C(=O)O)c(OC)c1. The molecule has 2 atom stereocenters. The van der Waals surface area contributed by atoms with Gasteiger partial charge in [0.1, 0.15) is 17.4 Å². The molecule has 0 saturated heterocycles. The van der Waals surface area contributed by atoms with E-state index in [9.17, 15) is 15.0 Å². The zero-order chi connectivity index (χ0) is 14.4. The number of carboxylic acid groups (broad SMARTS) is 1. The molecule has 1 aromatic rings. The van der Waals surface area contributed by atoms with E-state index in [2.05, 4.69) is 5.32 Å². The lowest BCUT2D eigenvalue weighted by atomic mass is 10.00. The van der Waals surface area contributed by atoms with Gasteiger partial charge in [0.2, 0.25) is 0 Å². The number of hydrogen-bond acceptors (Lipinski definition) is 5. The first-order valence-electron chi connectivity index (χ1n) is 5.93. The van der Waals surface area contributed by atoms with E-state index in [1.807, 2.05) is 0 Å². The summed E-state index contributed by atoms with van der Waals surface area (Å²) in [6.07, 6.45) is -1.61. The summed E-state index contributed by atoms with van der Waals surface area (Å²) < 4.78 is 4.97. The maximum absolute atomic E-state index is 10.9. The van der Waals surface area contributed by atoms with Crippen LogP contribution in [0.3, 0.4) is 0 Å². The van der Waals surface area contributed by atoms with Crippen molar-refractivity contribution in [2.75, 3.05) is 20.7 Å². The van der Waals surface area contributed by atoms with Gasteiger partial charge < -0.3 is 25.4 Å². The largest absolute Gasteiger partial charge is 0.496 e. The molecule has 0 aliphatic rings. The molecule has 1 rings (SSSR count). The second-order valence-electron chi connectivity index (χ2n) is 4.17. The van der Waals surface area contributed by atoms with Crippen molar-refractivity contribution in [1.82, 2.24) is 5.32 Å². The fourth-order valence-electron chi connectivity index (χ4n) is 1.74. The van der Waals surface area contributed by atoms with Gasteiger partial charge in [-0.2, -0.15) is 0 Å². The van der Waals surface area contributed by atoms with Crippen molar-refractivity contribution < 1.29 is 24.9 Å². The number of hydrogen-bond donors (Lipinski definition) is 4. The van der Waals surface area contributed by atoms with Crippen molar-refractivity contribution in [2.24, 2.45) is 0 Å². The summed E-state index contributed by atoms with van der Waals surface area (Å²) in [5.74, 6) is -0.946. The molecule has 0 spiro atoms. The summed E-state index contributed by atoms with van der Waals surface area (Å²) in [5.41, 5.74) is 0.439. The van der Waals surface area contributed by atoms with Crippen molar-refractivity contribution in [3.63, 3.8) is 0 Å². The Bertz CT molecular complexity index is 435. The number of aromatic carboxylic acids is 1. The first-order chi connectivity index (χ1) is 9.01. The molecule has 0 amide bonds. The normalized spacial score (nSPS) is 13.9. The molecule has 0 saturated carbocycles. The first-order valence-corrected chi connectivity index (χ1v) is 5.93. The second kappa shape index (κ2) is 7.08. The van der Waals surface area contributed by atoms with Crippen LogP contribution in [0.2, 0.25) is 0 Å². The van der Waals surface area contributed by atoms with E-state index in [0.29, 0.717) is 18.5 Å². The van der Waals surface area contributed by atoms with Crippen LogP contribution >= 0.6 is 0 Å². The molecule has 0 aliphatic carbocycles. The number of carbonyl (C=O) groups is 1. The Morgan fingerprint density at radius 2 is 2.11 bits per heavy atom. The van der Waals surface area contributed by atoms with E-state index < -0.39 is 18.2 Å². The Kier molecular flexibility index (Phi) is 5.75. The van der Waals surface area contributed by atoms with Crippen LogP contribution in [0.1, 0.15) is 28.4 Å². The molecule has 0 radical (unpaired) electrons. The average molecular weight is 269 g/mol. The molecule has 106 valence electrons. The number of carboxylic acids is 1. The summed E-state index contributed by atoms with van der Waals surface area (Å²) in [7, 11) is 3.11. The standard InChI is InChI=1S/C13H19NO5/c1-14-6-5-10(15)12(16)8-3-4-9(13(17)18)11(7-8)19-2/h3-4,7,10,12,14-16H,5-6H2,1-2H3,(H,17,18). The maximum Gasteiger partial charge on any atom is 0.339 e. The fourth-order valence-corrected chi connectivity index (χ4v) is 1.74. The highest BCUT2D eigenvalue weighted by atomic mass is 16.5. The van der Waals surface area contributed by atoms with Crippen molar-refractivity contribution >= 4 is 5.97 Å². The van der Waals surface area contributed by atoms with E-state index in [-0.39, 0.29) is 11.3 Å². The predicted molar refractivity (Wildman–Crippen MR) is 69.5 cm³/mol. The van der Waals surface area contributed by atoms with Gasteiger partial charge in [0.15, 0.2) is 0 Å². The van der Waals surface area contributed by atoms with Crippen LogP contribution in [-0.2, 0) is 0 Å². The molecule has 1 aromatic carbocycles. The van der Waals surface area contributed by atoms with Crippen molar-refractivity contribution in [3.05, 3.63) is 29.3 Å². The van der Waals surface area contributed by atoms with Gasteiger partial charge in [0.05, 0.1) is 13.2 Å². The number of aliphatic hydroxyl groups is 2. The average Bonchev–Trinajstić information content (AvgIpc) is 2.42. The van der Waals surface area contributed by atoms with E-state index in [1.165, 1.54) is 25.3 Å². The third-order valence-electron chi connectivity index (χ3n) is 2.85. The minimum absolute atomic E-state index is 0.0168. The highest BCUT2D eigenvalue weighted by molar-refractivity contribution is 5.91. The number of rotatable bonds is 7. The predicted octanol–water partition coefficient (Wildman–Crippen LogP) is 0.397. The number of aliphatic hydroxyl groups excluding tert-OH is 2. The van der Waals surface area contributed by atoms with E-state index >= 15 is 0 Å². The van der Waals surface area contributed by atoms with Gasteiger partial charge in [0, 0.05) is 0 Å². The molecule has 6 heteroatoms. The molecule has 4 N–H and O–H groups in total. The van der Waals surface area contributed by atoms with Crippen LogP contribution in [0.25, 0.3) is 0 Å². The molecule has 0 aliphatic heterocycles. The molecular weight excluding hydrogens is 250 g/mol. The Balaban J connectivity index is 2.92.